The number of aromatic nitrogens is 2. The summed E-state index contributed by atoms with van der Waals surface area (Å²) in [6.07, 6.45) is 3.94. The molecule has 134 valence electrons. The van der Waals surface area contributed by atoms with Gasteiger partial charge in [-0.1, -0.05) is 24.9 Å². The Morgan fingerprint density at radius 1 is 1.36 bits per heavy atom. The second-order valence-electron chi connectivity index (χ2n) is 6.32. The summed E-state index contributed by atoms with van der Waals surface area (Å²) in [7, 11) is 0. The molecule has 2 heterocycles. The third kappa shape index (κ3) is 4.14. The maximum absolute atomic E-state index is 9.60. The lowest BCUT2D eigenvalue weighted by Crippen LogP contribution is -2.33. The zero-order valence-corrected chi connectivity index (χ0v) is 15.1. The molecule has 0 unspecified atom stereocenters. The summed E-state index contributed by atoms with van der Waals surface area (Å²) in [5.74, 6) is 1.39. The second kappa shape index (κ2) is 7.89. The van der Waals surface area contributed by atoms with E-state index in [9.17, 15) is 5.11 Å². The van der Waals surface area contributed by atoms with Crippen molar-refractivity contribution in [2.45, 2.75) is 38.6 Å². The smallest absolute Gasteiger partial charge is 0.229 e. The summed E-state index contributed by atoms with van der Waals surface area (Å²) in [6, 6.07) is 7.52. The van der Waals surface area contributed by atoms with Crippen LogP contribution in [0.15, 0.2) is 24.3 Å². The molecule has 1 aromatic heterocycles. The summed E-state index contributed by atoms with van der Waals surface area (Å²) in [6.45, 7) is 3.17. The first-order chi connectivity index (χ1) is 12.1. The molecule has 0 bridgehead atoms. The molecule has 1 aliphatic rings. The molecule has 7 heteroatoms. The molecule has 0 radical (unpaired) electrons. The van der Waals surface area contributed by atoms with Gasteiger partial charge in [-0.05, 0) is 37.5 Å². The fourth-order valence-corrected chi connectivity index (χ4v) is 3.27. The van der Waals surface area contributed by atoms with Crippen LogP contribution < -0.4 is 16.0 Å². The van der Waals surface area contributed by atoms with Crippen LogP contribution in [0.1, 0.15) is 31.9 Å². The molecule has 1 aliphatic heterocycles. The van der Waals surface area contributed by atoms with E-state index in [4.69, 9.17) is 17.3 Å². The Balaban J connectivity index is 1.90. The number of anilines is 4. The molecule has 0 aliphatic carbocycles. The maximum Gasteiger partial charge on any atom is 0.229 e. The molecule has 0 amide bonds. The van der Waals surface area contributed by atoms with Gasteiger partial charge >= 0.3 is 0 Å². The van der Waals surface area contributed by atoms with E-state index in [1.807, 2.05) is 12.1 Å². The topological polar surface area (TPSA) is 87.3 Å². The average molecular weight is 362 g/mol. The number of benzene rings is 1. The number of hydrogen-bond acceptors (Lipinski definition) is 6. The number of nitrogens with two attached hydrogens (primary N) is 1. The standard InChI is InChI=1S/C18H24ClN5O/c1-2-4-12-10-17(24-8-3-5-14(24)11-25)23-18(21-12)22-13-6-7-15(19)16(20)9-13/h6-7,9-10,14,25H,2-5,8,11,20H2,1H3,(H,21,22,23)/t14-/m0/s1. The van der Waals surface area contributed by atoms with Crippen LogP contribution in [-0.2, 0) is 6.42 Å². The van der Waals surface area contributed by atoms with Crippen LogP contribution in [0.4, 0.5) is 23.1 Å². The third-order valence-corrected chi connectivity index (χ3v) is 4.75. The number of nitrogen functional groups attached to an aromatic ring is 1. The van der Waals surface area contributed by atoms with Gasteiger partial charge in [0.25, 0.3) is 0 Å². The second-order valence-corrected chi connectivity index (χ2v) is 6.73. The summed E-state index contributed by atoms with van der Waals surface area (Å²) in [5, 5.41) is 13.3. The van der Waals surface area contributed by atoms with E-state index in [0.717, 1.165) is 49.4 Å². The minimum atomic E-state index is 0.128. The van der Waals surface area contributed by atoms with Crippen molar-refractivity contribution in [1.29, 1.82) is 0 Å². The molecule has 1 aromatic carbocycles. The molecular weight excluding hydrogens is 338 g/mol. The van der Waals surface area contributed by atoms with Gasteiger partial charge in [0.05, 0.1) is 23.4 Å². The average Bonchev–Trinajstić information content (AvgIpc) is 3.07. The van der Waals surface area contributed by atoms with Gasteiger partial charge in [-0.2, -0.15) is 4.98 Å². The SMILES string of the molecule is CCCc1cc(N2CCC[C@H]2CO)nc(Nc2ccc(Cl)c(N)c2)n1. The van der Waals surface area contributed by atoms with Gasteiger partial charge in [0, 0.05) is 24.0 Å². The van der Waals surface area contributed by atoms with Crippen molar-refractivity contribution in [3.05, 3.63) is 35.0 Å². The van der Waals surface area contributed by atoms with E-state index in [2.05, 4.69) is 27.1 Å². The van der Waals surface area contributed by atoms with Crippen LogP contribution in [-0.4, -0.2) is 34.3 Å². The van der Waals surface area contributed by atoms with Crippen LogP contribution in [0, 0.1) is 0 Å². The highest BCUT2D eigenvalue weighted by molar-refractivity contribution is 6.33. The van der Waals surface area contributed by atoms with E-state index in [1.54, 1.807) is 12.1 Å². The number of hydrogen-bond donors (Lipinski definition) is 3. The Labute approximate surface area is 153 Å². The monoisotopic (exact) mass is 361 g/mol. The number of aliphatic hydroxyl groups is 1. The Bertz CT molecular complexity index is 739. The molecule has 2 aromatic rings. The van der Waals surface area contributed by atoms with Gasteiger partial charge in [-0.3, -0.25) is 0 Å². The molecule has 1 fully saturated rings. The lowest BCUT2D eigenvalue weighted by molar-refractivity contribution is 0.266. The number of nitrogens with zero attached hydrogens (tertiary/aromatic N) is 3. The minimum Gasteiger partial charge on any atom is -0.397 e. The van der Waals surface area contributed by atoms with Crippen molar-refractivity contribution in [1.82, 2.24) is 9.97 Å². The van der Waals surface area contributed by atoms with Crippen LogP contribution >= 0.6 is 11.6 Å². The van der Waals surface area contributed by atoms with Crippen molar-refractivity contribution in [2.24, 2.45) is 0 Å². The molecule has 3 rings (SSSR count). The van der Waals surface area contributed by atoms with Gasteiger partial charge in [-0.25, -0.2) is 4.98 Å². The van der Waals surface area contributed by atoms with Crippen molar-refractivity contribution < 1.29 is 5.11 Å². The first-order valence-electron chi connectivity index (χ1n) is 8.68. The lowest BCUT2D eigenvalue weighted by Gasteiger charge is -2.25. The fourth-order valence-electron chi connectivity index (χ4n) is 3.15. The number of aliphatic hydroxyl groups excluding tert-OH is 1. The first kappa shape index (κ1) is 17.8. The number of halogens is 1. The predicted molar refractivity (Wildman–Crippen MR) is 103 cm³/mol. The molecule has 0 spiro atoms. The number of aryl methyl sites for hydroxylation is 1. The summed E-state index contributed by atoms with van der Waals surface area (Å²) in [4.78, 5) is 11.4. The summed E-state index contributed by atoms with van der Waals surface area (Å²) < 4.78 is 0. The van der Waals surface area contributed by atoms with Crippen LogP contribution in [0.2, 0.25) is 5.02 Å². The van der Waals surface area contributed by atoms with Gasteiger partial charge in [0.1, 0.15) is 5.82 Å². The van der Waals surface area contributed by atoms with E-state index in [-0.39, 0.29) is 12.6 Å². The van der Waals surface area contributed by atoms with Crippen molar-refractivity contribution in [3.8, 4) is 0 Å². The van der Waals surface area contributed by atoms with Gasteiger partial charge in [0.15, 0.2) is 0 Å². The van der Waals surface area contributed by atoms with Gasteiger partial charge in [-0.15, -0.1) is 0 Å². The lowest BCUT2D eigenvalue weighted by atomic mass is 10.2. The molecule has 1 saturated heterocycles. The fraction of sp³-hybridized carbons (Fsp3) is 0.444. The van der Waals surface area contributed by atoms with Crippen LogP contribution in [0.25, 0.3) is 0 Å². The predicted octanol–water partition coefficient (Wildman–Crippen LogP) is 3.37. The number of nitrogens with one attached hydrogen (secondary N) is 1. The largest absolute Gasteiger partial charge is 0.397 e. The van der Waals surface area contributed by atoms with E-state index >= 15 is 0 Å². The van der Waals surface area contributed by atoms with E-state index < -0.39 is 0 Å². The summed E-state index contributed by atoms with van der Waals surface area (Å²) in [5.41, 5.74) is 8.16. The Morgan fingerprint density at radius 3 is 2.92 bits per heavy atom. The molecule has 1 atom stereocenters. The molecule has 4 N–H and O–H groups in total. The van der Waals surface area contributed by atoms with Crippen molar-refractivity contribution in [3.63, 3.8) is 0 Å². The Hall–Kier alpha value is -2.05. The highest BCUT2D eigenvalue weighted by Crippen LogP contribution is 2.28. The van der Waals surface area contributed by atoms with E-state index in [0.29, 0.717) is 16.7 Å². The Kier molecular flexibility index (Phi) is 5.60. The molecular formula is C18H24ClN5O. The highest BCUT2D eigenvalue weighted by atomic mass is 35.5. The molecule has 6 nitrogen and oxygen atoms in total. The number of rotatable bonds is 6. The molecule has 0 saturated carbocycles. The van der Waals surface area contributed by atoms with Gasteiger partial charge in [0.2, 0.25) is 5.95 Å². The Morgan fingerprint density at radius 2 is 2.20 bits per heavy atom. The van der Waals surface area contributed by atoms with E-state index in [1.165, 1.54) is 0 Å². The normalized spacial score (nSPS) is 17.1. The van der Waals surface area contributed by atoms with Crippen LogP contribution in [0.5, 0.6) is 0 Å². The molecule has 25 heavy (non-hydrogen) atoms. The first-order valence-corrected chi connectivity index (χ1v) is 9.06. The maximum atomic E-state index is 9.60. The van der Waals surface area contributed by atoms with Crippen molar-refractivity contribution in [2.75, 3.05) is 29.1 Å². The zero-order chi connectivity index (χ0) is 17.8. The third-order valence-electron chi connectivity index (χ3n) is 4.41. The van der Waals surface area contributed by atoms with Crippen molar-refractivity contribution >= 4 is 34.7 Å². The minimum absolute atomic E-state index is 0.128. The summed E-state index contributed by atoms with van der Waals surface area (Å²) >= 11 is 5.98. The quantitative estimate of drug-likeness (QED) is 0.684. The highest BCUT2D eigenvalue weighted by Gasteiger charge is 2.25. The zero-order valence-electron chi connectivity index (χ0n) is 14.4. The van der Waals surface area contributed by atoms with Gasteiger partial charge < -0.3 is 21.1 Å². The van der Waals surface area contributed by atoms with Crippen LogP contribution in [0.3, 0.4) is 0 Å².